The van der Waals surface area contributed by atoms with E-state index in [-0.39, 0.29) is 5.76 Å². The molecule has 0 saturated heterocycles. The van der Waals surface area contributed by atoms with Gasteiger partial charge in [0.05, 0.1) is 20.3 Å². The zero-order chi connectivity index (χ0) is 14.4. The maximum absolute atomic E-state index is 11.5. The maximum Gasteiger partial charge on any atom is 0.374 e. The number of aryl methyl sites for hydroxylation is 1. The van der Waals surface area contributed by atoms with E-state index in [0.717, 1.165) is 6.08 Å². The molecule has 1 aromatic carbocycles. The average Bonchev–Trinajstić information content (AvgIpc) is 2.39. The summed E-state index contributed by atoms with van der Waals surface area (Å²) in [4.78, 5) is 22.7. The van der Waals surface area contributed by atoms with Crippen LogP contribution in [0, 0.1) is 6.92 Å². The summed E-state index contributed by atoms with van der Waals surface area (Å²) in [5, 5.41) is 0.543. The van der Waals surface area contributed by atoms with Gasteiger partial charge in [-0.15, -0.1) is 0 Å². The molecule has 0 aliphatic rings. The van der Waals surface area contributed by atoms with Gasteiger partial charge in [0.15, 0.2) is 0 Å². The second kappa shape index (κ2) is 6.80. The minimum Gasteiger partial charge on any atom is -0.466 e. The van der Waals surface area contributed by atoms with Crippen molar-refractivity contribution in [1.29, 1.82) is 0 Å². The van der Waals surface area contributed by atoms with Crippen LogP contribution in [0.4, 0.5) is 0 Å². The molecule has 0 aliphatic heterocycles. The van der Waals surface area contributed by atoms with Crippen molar-refractivity contribution >= 4 is 23.5 Å². The summed E-state index contributed by atoms with van der Waals surface area (Å²) in [6.07, 6.45) is 0.917. The lowest BCUT2D eigenvalue weighted by Gasteiger charge is -2.10. The molecule has 0 amide bonds. The normalized spacial score (nSPS) is 10.8. The highest BCUT2D eigenvalue weighted by molar-refractivity contribution is 6.30. The third kappa shape index (κ3) is 4.30. The van der Waals surface area contributed by atoms with E-state index in [1.165, 1.54) is 14.2 Å². The monoisotopic (exact) mass is 284 g/mol. The minimum absolute atomic E-state index is 0.264. The fourth-order valence-corrected chi connectivity index (χ4v) is 1.47. The first-order valence-corrected chi connectivity index (χ1v) is 5.67. The molecule has 102 valence electrons. The maximum atomic E-state index is 11.5. The van der Waals surface area contributed by atoms with Crippen LogP contribution in [0.15, 0.2) is 30.0 Å². The molecule has 0 heterocycles. The smallest absolute Gasteiger partial charge is 0.374 e. The highest BCUT2D eigenvalue weighted by Crippen LogP contribution is 2.23. The molecule has 0 spiro atoms. The highest BCUT2D eigenvalue weighted by Gasteiger charge is 2.16. The van der Waals surface area contributed by atoms with Gasteiger partial charge < -0.3 is 14.2 Å². The lowest BCUT2D eigenvalue weighted by Crippen LogP contribution is -2.13. The Morgan fingerprint density at radius 3 is 2.42 bits per heavy atom. The standard InChI is InChI=1S/C13H13ClO5/c1-8-6-9(14)4-5-10(8)19-11(13(16)18-3)7-12(15)17-2/h4-7H,1-3H3/b11-7+. The largest absolute Gasteiger partial charge is 0.466 e. The second-order valence-electron chi connectivity index (χ2n) is 3.54. The zero-order valence-corrected chi connectivity index (χ0v) is 11.5. The van der Waals surface area contributed by atoms with E-state index < -0.39 is 11.9 Å². The molecule has 0 unspecified atom stereocenters. The highest BCUT2D eigenvalue weighted by atomic mass is 35.5. The van der Waals surface area contributed by atoms with Gasteiger partial charge in [0.1, 0.15) is 5.75 Å². The molecule has 1 aromatic rings. The number of hydrogen-bond acceptors (Lipinski definition) is 5. The van der Waals surface area contributed by atoms with Crippen LogP contribution in [0.2, 0.25) is 5.02 Å². The third-order valence-electron chi connectivity index (χ3n) is 2.19. The van der Waals surface area contributed by atoms with Crippen molar-refractivity contribution < 1.29 is 23.8 Å². The summed E-state index contributed by atoms with van der Waals surface area (Å²) in [5.41, 5.74) is 0.715. The Balaban J connectivity index is 3.04. The molecule has 0 N–H and O–H groups in total. The first-order valence-electron chi connectivity index (χ1n) is 5.30. The molecule has 0 aliphatic carbocycles. The predicted octanol–water partition coefficient (Wildman–Crippen LogP) is 2.26. The van der Waals surface area contributed by atoms with Crippen molar-refractivity contribution in [1.82, 2.24) is 0 Å². The Bertz CT molecular complexity index is 522. The van der Waals surface area contributed by atoms with E-state index in [1.54, 1.807) is 25.1 Å². The number of rotatable bonds is 4. The molecule has 0 saturated carbocycles. The summed E-state index contributed by atoms with van der Waals surface area (Å²) >= 11 is 5.81. The average molecular weight is 285 g/mol. The van der Waals surface area contributed by atoms with E-state index >= 15 is 0 Å². The van der Waals surface area contributed by atoms with Crippen LogP contribution in [0.3, 0.4) is 0 Å². The quantitative estimate of drug-likeness (QED) is 0.482. The molecular formula is C13H13ClO5. The number of hydrogen-bond donors (Lipinski definition) is 0. The van der Waals surface area contributed by atoms with Gasteiger partial charge >= 0.3 is 11.9 Å². The van der Waals surface area contributed by atoms with Crippen molar-refractivity contribution in [3.63, 3.8) is 0 Å². The van der Waals surface area contributed by atoms with Crippen molar-refractivity contribution in [3.05, 3.63) is 40.6 Å². The minimum atomic E-state index is -0.778. The van der Waals surface area contributed by atoms with Crippen LogP contribution in [0.5, 0.6) is 5.75 Å². The van der Waals surface area contributed by atoms with Crippen LogP contribution in [-0.4, -0.2) is 26.2 Å². The molecule has 0 atom stereocenters. The zero-order valence-electron chi connectivity index (χ0n) is 10.7. The van der Waals surface area contributed by atoms with Crippen LogP contribution < -0.4 is 4.74 Å². The first-order chi connectivity index (χ1) is 8.97. The molecule has 1 rings (SSSR count). The predicted molar refractivity (Wildman–Crippen MR) is 68.9 cm³/mol. The van der Waals surface area contributed by atoms with Crippen LogP contribution in [-0.2, 0) is 19.1 Å². The summed E-state index contributed by atoms with van der Waals surface area (Å²) in [5.74, 6) is -1.36. The lowest BCUT2D eigenvalue weighted by atomic mass is 10.2. The number of carbonyl (C=O) groups excluding carboxylic acids is 2. The molecule has 19 heavy (non-hydrogen) atoms. The van der Waals surface area contributed by atoms with Gasteiger partial charge in [-0.2, -0.15) is 0 Å². The van der Waals surface area contributed by atoms with Crippen LogP contribution >= 0.6 is 11.6 Å². The van der Waals surface area contributed by atoms with Gasteiger partial charge in [-0.3, -0.25) is 0 Å². The Labute approximate surface area is 115 Å². The van der Waals surface area contributed by atoms with Gasteiger partial charge in [-0.25, -0.2) is 9.59 Å². The van der Waals surface area contributed by atoms with E-state index in [4.69, 9.17) is 16.3 Å². The van der Waals surface area contributed by atoms with Gasteiger partial charge in [0.25, 0.3) is 0 Å². The number of ether oxygens (including phenoxy) is 3. The van der Waals surface area contributed by atoms with Crippen LogP contribution in [0.25, 0.3) is 0 Å². The fourth-order valence-electron chi connectivity index (χ4n) is 1.24. The summed E-state index contributed by atoms with van der Waals surface area (Å²) < 4.78 is 14.3. The Morgan fingerprint density at radius 1 is 1.21 bits per heavy atom. The Kier molecular flexibility index (Phi) is 5.38. The third-order valence-corrected chi connectivity index (χ3v) is 2.43. The summed E-state index contributed by atoms with van der Waals surface area (Å²) in [6.45, 7) is 1.76. The van der Waals surface area contributed by atoms with Crippen molar-refractivity contribution in [2.24, 2.45) is 0 Å². The lowest BCUT2D eigenvalue weighted by molar-refractivity contribution is -0.140. The Morgan fingerprint density at radius 2 is 1.89 bits per heavy atom. The van der Waals surface area contributed by atoms with E-state index in [0.29, 0.717) is 16.3 Å². The second-order valence-corrected chi connectivity index (χ2v) is 3.97. The molecule has 0 bridgehead atoms. The number of methoxy groups -OCH3 is 2. The van der Waals surface area contributed by atoms with Gasteiger partial charge in [0, 0.05) is 5.02 Å². The van der Waals surface area contributed by atoms with Crippen molar-refractivity contribution in [2.45, 2.75) is 6.92 Å². The summed E-state index contributed by atoms with van der Waals surface area (Å²) in [6, 6.07) is 4.87. The molecule has 6 heteroatoms. The SMILES string of the molecule is COC(=O)/C=C(/Oc1ccc(Cl)cc1C)C(=O)OC. The topological polar surface area (TPSA) is 61.8 Å². The molecule has 5 nitrogen and oxygen atoms in total. The number of carbonyl (C=O) groups is 2. The number of esters is 2. The number of halogens is 1. The van der Waals surface area contributed by atoms with Crippen molar-refractivity contribution in [2.75, 3.05) is 14.2 Å². The van der Waals surface area contributed by atoms with E-state index in [9.17, 15) is 9.59 Å². The summed E-state index contributed by atoms with van der Waals surface area (Å²) in [7, 11) is 2.38. The van der Waals surface area contributed by atoms with Gasteiger partial charge in [-0.1, -0.05) is 11.6 Å². The molecule has 0 radical (unpaired) electrons. The Hall–Kier alpha value is -2.01. The van der Waals surface area contributed by atoms with Crippen molar-refractivity contribution in [3.8, 4) is 5.75 Å². The number of benzene rings is 1. The van der Waals surface area contributed by atoms with Crippen LogP contribution in [0.1, 0.15) is 5.56 Å². The van der Waals surface area contributed by atoms with E-state index in [1.807, 2.05) is 0 Å². The first kappa shape index (κ1) is 15.0. The van der Waals surface area contributed by atoms with E-state index in [2.05, 4.69) is 9.47 Å². The molecular weight excluding hydrogens is 272 g/mol. The molecule has 0 fully saturated rings. The molecule has 0 aromatic heterocycles. The van der Waals surface area contributed by atoms with Gasteiger partial charge in [-0.05, 0) is 30.7 Å². The van der Waals surface area contributed by atoms with Gasteiger partial charge in [0.2, 0.25) is 5.76 Å². The fraction of sp³-hybridized carbons (Fsp3) is 0.231.